The van der Waals surface area contributed by atoms with E-state index in [1.807, 2.05) is 31.2 Å². The minimum atomic E-state index is -0.386. The second-order valence-electron chi connectivity index (χ2n) is 7.61. The lowest BCUT2D eigenvalue weighted by Gasteiger charge is -2.15. The molecule has 3 aromatic carbocycles. The van der Waals surface area contributed by atoms with E-state index < -0.39 is 0 Å². The van der Waals surface area contributed by atoms with Crippen molar-refractivity contribution >= 4 is 23.1 Å². The number of methoxy groups -OCH3 is 1. The summed E-state index contributed by atoms with van der Waals surface area (Å²) in [7, 11) is 1.57. The third kappa shape index (κ3) is 4.39. The molecule has 2 amide bonds. The Morgan fingerprint density at radius 3 is 2.16 bits per heavy atom. The first-order valence-corrected chi connectivity index (χ1v) is 10.3. The Hall–Kier alpha value is -3.93. The standard InChI is InChI=1S/C26H23FN2O3/c1-17-3-11-21(12-4-17)28-24-23(19-7-13-22(32-2)14-8-19)25(30)29(26(24)31)16-15-18-5-9-20(27)10-6-18/h3-14,28H,15-16H2,1-2H3. The Morgan fingerprint density at radius 1 is 0.875 bits per heavy atom. The number of carbonyl (C=O) groups excluding carboxylic acids is 2. The average Bonchev–Trinajstić information content (AvgIpc) is 3.04. The Bertz CT molecular complexity index is 1170. The van der Waals surface area contributed by atoms with Gasteiger partial charge in [-0.25, -0.2) is 4.39 Å². The first-order valence-electron chi connectivity index (χ1n) is 10.3. The van der Waals surface area contributed by atoms with Gasteiger partial charge in [-0.15, -0.1) is 0 Å². The first-order chi connectivity index (χ1) is 15.5. The van der Waals surface area contributed by atoms with Crippen molar-refractivity contribution in [2.24, 2.45) is 0 Å². The minimum absolute atomic E-state index is 0.196. The summed E-state index contributed by atoms with van der Waals surface area (Å²) in [6, 6.07) is 20.7. The Morgan fingerprint density at radius 2 is 1.53 bits per heavy atom. The minimum Gasteiger partial charge on any atom is -0.497 e. The van der Waals surface area contributed by atoms with Gasteiger partial charge in [0.05, 0.1) is 12.7 Å². The molecule has 0 saturated heterocycles. The van der Waals surface area contributed by atoms with Gasteiger partial charge in [0.25, 0.3) is 11.8 Å². The fourth-order valence-electron chi connectivity index (χ4n) is 3.59. The first kappa shape index (κ1) is 21.3. The normalized spacial score (nSPS) is 13.7. The summed E-state index contributed by atoms with van der Waals surface area (Å²) >= 11 is 0. The molecule has 0 aromatic heterocycles. The van der Waals surface area contributed by atoms with Crippen molar-refractivity contribution in [1.29, 1.82) is 0 Å². The van der Waals surface area contributed by atoms with Gasteiger partial charge in [-0.05, 0) is 60.9 Å². The van der Waals surface area contributed by atoms with E-state index >= 15 is 0 Å². The molecule has 0 aliphatic carbocycles. The second-order valence-corrected chi connectivity index (χ2v) is 7.61. The number of anilines is 1. The predicted molar refractivity (Wildman–Crippen MR) is 122 cm³/mol. The molecule has 0 bridgehead atoms. The number of ether oxygens (including phenoxy) is 1. The molecule has 1 aliphatic heterocycles. The maximum atomic E-state index is 13.3. The topological polar surface area (TPSA) is 58.6 Å². The molecule has 0 saturated carbocycles. The van der Waals surface area contributed by atoms with Crippen molar-refractivity contribution in [3.63, 3.8) is 0 Å². The van der Waals surface area contributed by atoms with Crippen LogP contribution in [0.15, 0.2) is 78.5 Å². The summed E-state index contributed by atoms with van der Waals surface area (Å²) in [5.41, 5.74) is 3.84. The zero-order valence-electron chi connectivity index (χ0n) is 17.9. The smallest absolute Gasteiger partial charge is 0.278 e. The molecule has 0 radical (unpaired) electrons. The third-order valence-corrected chi connectivity index (χ3v) is 5.40. The number of imide groups is 1. The van der Waals surface area contributed by atoms with Gasteiger partial charge < -0.3 is 10.1 Å². The number of nitrogens with zero attached hydrogens (tertiary/aromatic N) is 1. The van der Waals surface area contributed by atoms with Crippen LogP contribution in [0, 0.1) is 12.7 Å². The summed E-state index contributed by atoms with van der Waals surface area (Å²) < 4.78 is 18.4. The zero-order valence-corrected chi connectivity index (χ0v) is 17.9. The fourth-order valence-corrected chi connectivity index (χ4v) is 3.59. The molecule has 6 heteroatoms. The lowest BCUT2D eigenvalue weighted by atomic mass is 10.0. The molecule has 0 atom stereocenters. The van der Waals surface area contributed by atoms with Gasteiger partial charge in [-0.2, -0.15) is 0 Å². The molecular weight excluding hydrogens is 407 g/mol. The number of aryl methyl sites for hydroxylation is 1. The highest BCUT2D eigenvalue weighted by Crippen LogP contribution is 2.31. The van der Waals surface area contributed by atoms with E-state index in [4.69, 9.17) is 4.74 Å². The van der Waals surface area contributed by atoms with Crippen LogP contribution in [0.2, 0.25) is 0 Å². The van der Waals surface area contributed by atoms with E-state index in [9.17, 15) is 14.0 Å². The van der Waals surface area contributed by atoms with Gasteiger partial charge >= 0.3 is 0 Å². The molecule has 5 nitrogen and oxygen atoms in total. The number of amides is 2. The van der Waals surface area contributed by atoms with Crippen LogP contribution in [0.4, 0.5) is 10.1 Å². The highest BCUT2D eigenvalue weighted by molar-refractivity contribution is 6.36. The molecule has 1 heterocycles. The van der Waals surface area contributed by atoms with Crippen molar-refractivity contribution in [1.82, 2.24) is 4.90 Å². The predicted octanol–water partition coefficient (Wildman–Crippen LogP) is 4.58. The van der Waals surface area contributed by atoms with Gasteiger partial charge in [0.15, 0.2) is 0 Å². The molecular formula is C26H23FN2O3. The van der Waals surface area contributed by atoms with Crippen LogP contribution in [0.25, 0.3) is 5.57 Å². The van der Waals surface area contributed by atoms with Crippen LogP contribution in [0.1, 0.15) is 16.7 Å². The molecule has 0 spiro atoms. The lowest BCUT2D eigenvalue weighted by molar-refractivity contribution is -0.136. The van der Waals surface area contributed by atoms with Gasteiger partial charge in [0.1, 0.15) is 17.3 Å². The van der Waals surface area contributed by atoms with Crippen LogP contribution in [0.5, 0.6) is 5.75 Å². The Labute approximate surface area is 186 Å². The number of rotatable bonds is 7. The number of benzene rings is 3. The summed E-state index contributed by atoms with van der Waals surface area (Å²) in [6.45, 7) is 2.18. The van der Waals surface area contributed by atoms with Crippen LogP contribution in [-0.2, 0) is 16.0 Å². The Balaban J connectivity index is 1.65. The summed E-state index contributed by atoms with van der Waals surface area (Å²) in [4.78, 5) is 27.8. The maximum Gasteiger partial charge on any atom is 0.278 e. The molecule has 32 heavy (non-hydrogen) atoms. The van der Waals surface area contributed by atoms with Crippen LogP contribution in [-0.4, -0.2) is 30.4 Å². The molecule has 0 unspecified atom stereocenters. The van der Waals surface area contributed by atoms with E-state index in [0.29, 0.717) is 23.3 Å². The second kappa shape index (κ2) is 9.06. The fraction of sp³-hybridized carbons (Fsp3) is 0.154. The van der Waals surface area contributed by atoms with Gasteiger partial charge in [-0.1, -0.05) is 42.0 Å². The maximum absolute atomic E-state index is 13.3. The monoisotopic (exact) mass is 430 g/mol. The van der Waals surface area contributed by atoms with Crippen LogP contribution in [0.3, 0.4) is 0 Å². The number of nitrogens with one attached hydrogen (secondary N) is 1. The Kier molecular flexibility index (Phi) is 6.03. The van der Waals surface area contributed by atoms with E-state index in [0.717, 1.165) is 16.8 Å². The van der Waals surface area contributed by atoms with Crippen molar-refractivity contribution in [2.45, 2.75) is 13.3 Å². The molecule has 3 aromatic rings. The highest BCUT2D eigenvalue weighted by atomic mass is 19.1. The lowest BCUT2D eigenvalue weighted by Crippen LogP contribution is -2.34. The molecule has 1 N–H and O–H groups in total. The largest absolute Gasteiger partial charge is 0.497 e. The molecule has 1 aliphatic rings. The summed E-state index contributed by atoms with van der Waals surface area (Å²) in [6.07, 6.45) is 0.436. The number of hydrogen-bond acceptors (Lipinski definition) is 4. The highest BCUT2D eigenvalue weighted by Gasteiger charge is 2.38. The van der Waals surface area contributed by atoms with Gasteiger partial charge in [-0.3, -0.25) is 14.5 Å². The van der Waals surface area contributed by atoms with Crippen molar-refractivity contribution in [2.75, 3.05) is 19.0 Å². The van der Waals surface area contributed by atoms with Crippen molar-refractivity contribution < 1.29 is 18.7 Å². The van der Waals surface area contributed by atoms with Gasteiger partial charge in [0.2, 0.25) is 0 Å². The zero-order chi connectivity index (χ0) is 22.7. The van der Waals surface area contributed by atoms with E-state index in [1.165, 1.54) is 17.0 Å². The average molecular weight is 430 g/mol. The van der Waals surface area contributed by atoms with E-state index in [1.54, 1.807) is 43.5 Å². The van der Waals surface area contributed by atoms with Crippen LogP contribution < -0.4 is 10.1 Å². The quantitative estimate of drug-likeness (QED) is 0.558. The van der Waals surface area contributed by atoms with E-state index in [-0.39, 0.29) is 29.9 Å². The molecule has 162 valence electrons. The number of halogens is 1. The third-order valence-electron chi connectivity index (χ3n) is 5.40. The number of hydrogen-bond donors (Lipinski definition) is 1. The SMILES string of the molecule is COc1ccc(C2=C(Nc3ccc(C)cc3)C(=O)N(CCc3ccc(F)cc3)C2=O)cc1. The summed E-state index contributed by atoms with van der Waals surface area (Å²) in [5.74, 6) is -0.414. The van der Waals surface area contributed by atoms with Crippen LogP contribution >= 0.6 is 0 Å². The number of carbonyl (C=O) groups is 2. The van der Waals surface area contributed by atoms with Crippen molar-refractivity contribution in [3.05, 3.63) is 101 Å². The molecule has 4 rings (SSSR count). The molecule has 0 fully saturated rings. The van der Waals surface area contributed by atoms with Gasteiger partial charge in [0, 0.05) is 12.2 Å². The summed E-state index contributed by atoms with van der Waals surface area (Å²) in [5, 5.41) is 3.15. The van der Waals surface area contributed by atoms with Crippen molar-refractivity contribution in [3.8, 4) is 5.75 Å². The van der Waals surface area contributed by atoms with E-state index in [2.05, 4.69) is 5.32 Å².